The Morgan fingerprint density at radius 1 is 1.30 bits per heavy atom. The number of carbonyl (C=O) groups excluding carboxylic acids is 1. The zero-order valence-electron chi connectivity index (χ0n) is 10.7. The number of nitrogens with one attached hydrogen (secondary N) is 3. The van der Waals surface area contributed by atoms with Crippen LogP contribution in [0, 0.1) is 6.92 Å². The van der Waals surface area contributed by atoms with Crippen LogP contribution in [0.5, 0.6) is 0 Å². The number of rotatable bonds is 2. The highest BCUT2D eigenvalue weighted by molar-refractivity contribution is 6.05. The fraction of sp³-hybridized carbons (Fsp3) is 0.0714. The maximum atomic E-state index is 12.3. The number of hydrogen-bond donors (Lipinski definition) is 3. The molecule has 0 fully saturated rings. The van der Waals surface area contributed by atoms with Gasteiger partial charge in [0.25, 0.3) is 5.91 Å². The van der Waals surface area contributed by atoms with Crippen LogP contribution in [0.3, 0.4) is 0 Å². The summed E-state index contributed by atoms with van der Waals surface area (Å²) in [5.74, 6) is -0.0939. The molecule has 0 atom stereocenters. The van der Waals surface area contributed by atoms with Crippen molar-refractivity contribution < 1.29 is 4.79 Å². The number of fused-ring (bicyclic) bond motifs is 1. The van der Waals surface area contributed by atoms with Crippen LogP contribution in [0.4, 0.5) is 5.82 Å². The zero-order valence-corrected chi connectivity index (χ0v) is 10.7. The van der Waals surface area contributed by atoms with Crippen molar-refractivity contribution in [1.29, 1.82) is 0 Å². The average Bonchev–Trinajstić information content (AvgIpc) is 2.84. The lowest BCUT2D eigenvalue weighted by atomic mass is 10.1. The molecule has 20 heavy (non-hydrogen) atoms. The molecule has 3 N–H and O–H groups in total. The van der Waals surface area contributed by atoms with Gasteiger partial charge in [0.2, 0.25) is 5.43 Å². The molecule has 3 aromatic rings. The van der Waals surface area contributed by atoms with E-state index >= 15 is 0 Å². The molecule has 0 saturated carbocycles. The predicted octanol–water partition coefficient (Wildman–Crippen LogP) is 1.81. The number of pyridine rings is 1. The third kappa shape index (κ3) is 2.07. The van der Waals surface area contributed by atoms with Gasteiger partial charge in [-0.3, -0.25) is 14.7 Å². The second-order valence-corrected chi connectivity index (χ2v) is 4.47. The van der Waals surface area contributed by atoms with Crippen LogP contribution in [0.25, 0.3) is 10.9 Å². The standard InChI is InChI=1S/C14H12N4O2/c1-8-6-12(18-17-8)16-14(20)10-7-15-11-5-3-2-4-9(11)13(10)19/h2-7H,1H3,(H,15,19)(H2,16,17,18,20). The van der Waals surface area contributed by atoms with E-state index in [0.717, 1.165) is 5.69 Å². The Morgan fingerprint density at radius 2 is 2.10 bits per heavy atom. The molecule has 0 spiro atoms. The van der Waals surface area contributed by atoms with E-state index < -0.39 is 5.91 Å². The van der Waals surface area contributed by atoms with Gasteiger partial charge in [0.05, 0.1) is 0 Å². The minimum absolute atomic E-state index is 0.0596. The van der Waals surface area contributed by atoms with Gasteiger partial charge in [-0.25, -0.2) is 0 Å². The van der Waals surface area contributed by atoms with Gasteiger partial charge in [0.15, 0.2) is 5.82 Å². The highest BCUT2D eigenvalue weighted by Gasteiger charge is 2.13. The van der Waals surface area contributed by atoms with E-state index in [1.54, 1.807) is 24.3 Å². The van der Waals surface area contributed by atoms with Crippen molar-refractivity contribution in [3.05, 3.63) is 58.0 Å². The first-order chi connectivity index (χ1) is 9.65. The molecule has 0 radical (unpaired) electrons. The van der Waals surface area contributed by atoms with Crippen molar-refractivity contribution in [1.82, 2.24) is 15.2 Å². The van der Waals surface area contributed by atoms with E-state index in [1.807, 2.05) is 13.0 Å². The number of aryl methyl sites for hydroxylation is 1. The van der Waals surface area contributed by atoms with Crippen LogP contribution >= 0.6 is 0 Å². The molecule has 1 amide bonds. The quantitative estimate of drug-likeness (QED) is 0.662. The molecule has 0 unspecified atom stereocenters. The molecule has 2 aromatic heterocycles. The molecule has 0 bridgehead atoms. The molecule has 0 aliphatic heterocycles. The number of para-hydroxylation sites is 1. The molecule has 2 heterocycles. The molecule has 100 valence electrons. The topological polar surface area (TPSA) is 90.6 Å². The number of anilines is 1. The first kappa shape index (κ1) is 12.2. The van der Waals surface area contributed by atoms with Gasteiger partial charge < -0.3 is 10.3 Å². The third-order valence-electron chi connectivity index (χ3n) is 2.98. The van der Waals surface area contributed by atoms with E-state index in [4.69, 9.17) is 0 Å². The van der Waals surface area contributed by atoms with Crippen LogP contribution in [0.1, 0.15) is 16.1 Å². The number of amides is 1. The monoisotopic (exact) mass is 268 g/mol. The van der Waals surface area contributed by atoms with Gasteiger partial charge in [0, 0.05) is 28.9 Å². The fourth-order valence-electron chi connectivity index (χ4n) is 2.00. The summed E-state index contributed by atoms with van der Waals surface area (Å²) in [6.07, 6.45) is 1.42. The van der Waals surface area contributed by atoms with Crippen molar-refractivity contribution in [3.8, 4) is 0 Å². The molecular weight excluding hydrogens is 256 g/mol. The smallest absolute Gasteiger partial charge is 0.262 e. The molecule has 0 aliphatic rings. The summed E-state index contributed by atoms with van der Waals surface area (Å²) in [5, 5.41) is 9.69. The third-order valence-corrected chi connectivity index (χ3v) is 2.98. The summed E-state index contributed by atoms with van der Waals surface area (Å²) in [5.41, 5.74) is 1.28. The van der Waals surface area contributed by atoms with Crippen molar-refractivity contribution in [2.45, 2.75) is 6.92 Å². The van der Waals surface area contributed by atoms with Crippen LogP contribution in [-0.4, -0.2) is 21.1 Å². The van der Waals surface area contributed by atoms with Gasteiger partial charge in [0.1, 0.15) is 5.56 Å². The van der Waals surface area contributed by atoms with Crippen LogP contribution in [0.15, 0.2) is 41.3 Å². The Bertz CT molecular complexity index is 848. The zero-order chi connectivity index (χ0) is 14.1. The summed E-state index contributed by atoms with van der Waals surface area (Å²) in [4.78, 5) is 27.3. The summed E-state index contributed by atoms with van der Waals surface area (Å²) in [6, 6.07) is 8.74. The van der Waals surface area contributed by atoms with Gasteiger partial charge >= 0.3 is 0 Å². The first-order valence-corrected chi connectivity index (χ1v) is 6.09. The number of hydrogen-bond acceptors (Lipinski definition) is 3. The second kappa shape index (κ2) is 4.65. The largest absolute Gasteiger partial charge is 0.360 e. The summed E-state index contributed by atoms with van der Waals surface area (Å²) in [7, 11) is 0. The maximum absolute atomic E-state index is 12.3. The second-order valence-electron chi connectivity index (χ2n) is 4.47. The normalized spacial score (nSPS) is 10.7. The van der Waals surface area contributed by atoms with Crippen LogP contribution in [-0.2, 0) is 0 Å². The Balaban J connectivity index is 1.99. The Kier molecular flexibility index (Phi) is 2.83. The Labute approximate surface area is 113 Å². The van der Waals surface area contributed by atoms with Gasteiger partial charge in [-0.1, -0.05) is 12.1 Å². The van der Waals surface area contributed by atoms with Crippen molar-refractivity contribution in [2.24, 2.45) is 0 Å². The van der Waals surface area contributed by atoms with Gasteiger partial charge in [-0.05, 0) is 19.1 Å². The molecule has 3 rings (SSSR count). The number of benzene rings is 1. The number of aromatic amines is 2. The average molecular weight is 268 g/mol. The molecule has 6 nitrogen and oxygen atoms in total. The Morgan fingerprint density at radius 3 is 2.85 bits per heavy atom. The number of nitrogens with zero attached hydrogens (tertiary/aromatic N) is 1. The predicted molar refractivity (Wildman–Crippen MR) is 75.8 cm³/mol. The minimum Gasteiger partial charge on any atom is -0.360 e. The molecular formula is C14H12N4O2. The van der Waals surface area contributed by atoms with Crippen LogP contribution < -0.4 is 10.7 Å². The summed E-state index contributed by atoms with van der Waals surface area (Å²) >= 11 is 0. The summed E-state index contributed by atoms with van der Waals surface area (Å²) in [6.45, 7) is 1.82. The van der Waals surface area contributed by atoms with E-state index in [9.17, 15) is 9.59 Å². The van der Waals surface area contributed by atoms with E-state index in [1.165, 1.54) is 6.20 Å². The van der Waals surface area contributed by atoms with Gasteiger partial charge in [-0.15, -0.1) is 0 Å². The number of H-pyrrole nitrogens is 2. The first-order valence-electron chi connectivity index (χ1n) is 6.09. The molecule has 0 aliphatic carbocycles. The number of carbonyl (C=O) groups is 1. The fourth-order valence-corrected chi connectivity index (χ4v) is 2.00. The molecule has 1 aromatic carbocycles. The maximum Gasteiger partial charge on any atom is 0.262 e. The van der Waals surface area contributed by atoms with E-state index in [-0.39, 0.29) is 11.0 Å². The SMILES string of the molecule is Cc1cc(NC(=O)c2c[nH]c3ccccc3c2=O)n[nH]1. The van der Waals surface area contributed by atoms with E-state index in [2.05, 4.69) is 20.5 Å². The Hall–Kier alpha value is -2.89. The number of aromatic nitrogens is 3. The summed E-state index contributed by atoms with van der Waals surface area (Å²) < 4.78 is 0. The lowest BCUT2D eigenvalue weighted by molar-refractivity contribution is 0.102. The highest BCUT2D eigenvalue weighted by atomic mass is 16.2. The lowest BCUT2D eigenvalue weighted by Crippen LogP contribution is -2.22. The van der Waals surface area contributed by atoms with Crippen LogP contribution in [0.2, 0.25) is 0 Å². The minimum atomic E-state index is -0.483. The highest BCUT2D eigenvalue weighted by Crippen LogP contribution is 2.09. The van der Waals surface area contributed by atoms with E-state index in [0.29, 0.717) is 16.7 Å². The van der Waals surface area contributed by atoms with Crippen molar-refractivity contribution >= 4 is 22.6 Å². The van der Waals surface area contributed by atoms with Crippen molar-refractivity contribution in [2.75, 3.05) is 5.32 Å². The molecule has 6 heteroatoms. The van der Waals surface area contributed by atoms with Gasteiger partial charge in [-0.2, -0.15) is 5.10 Å². The van der Waals surface area contributed by atoms with Crippen molar-refractivity contribution in [3.63, 3.8) is 0 Å². The lowest BCUT2D eigenvalue weighted by Gasteiger charge is -2.03. The molecule has 0 saturated heterocycles.